The summed E-state index contributed by atoms with van der Waals surface area (Å²) in [6.45, 7) is 7.35. The van der Waals surface area contributed by atoms with Gasteiger partial charge in [-0.15, -0.1) is 24.0 Å². The van der Waals surface area contributed by atoms with Crippen LogP contribution in [0.25, 0.3) is 11.5 Å². The number of aromatic nitrogens is 1. The van der Waals surface area contributed by atoms with Crippen LogP contribution in [0.3, 0.4) is 0 Å². The van der Waals surface area contributed by atoms with E-state index in [2.05, 4.69) is 34.5 Å². The van der Waals surface area contributed by atoms with Crippen molar-refractivity contribution in [3.05, 3.63) is 41.8 Å². The monoisotopic (exact) mass is 544 g/mol. The van der Waals surface area contributed by atoms with Crippen LogP contribution in [-0.4, -0.2) is 38.7 Å². The Balaban J connectivity index is 0.00000320. The Morgan fingerprint density at radius 3 is 2.73 bits per heavy atom. The van der Waals surface area contributed by atoms with Crippen molar-refractivity contribution in [1.29, 1.82) is 0 Å². The summed E-state index contributed by atoms with van der Waals surface area (Å²) in [5, 5.41) is 7.13. The lowest BCUT2D eigenvalue weighted by molar-refractivity contribution is 0.413. The Kier molecular flexibility index (Phi) is 10.3. The summed E-state index contributed by atoms with van der Waals surface area (Å²) < 4.78 is 17.8. The van der Waals surface area contributed by atoms with Crippen molar-refractivity contribution in [2.24, 2.45) is 4.99 Å². The molecule has 30 heavy (non-hydrogen) atoms. The number of hydrogen-bond acceptors (Lipinski definition) is 4. The molecule has 0 radical (unpaired) electrons. The zero-order valence-corrected chi connectivity index (χ0v) is 21.2. The Labute approximate surface area is 199 Å². The lowest BCUT2D eigenvalue weighted by Crippen LogP contribution is -2.46. The molecule has 1 aromatic heterocycles. The zero-order chi connectivity index (χ0) is 20.6. The maximum absolute atomic E-state index is 12.2. The number of benzene rings is 1. The van der Waals surface area contributed by atoms with Crippen LogP contribution in [-0.2, 0) is 17.3 Å². The van der Waals surface area contributed by atoms with Gasteiger partial charge in [-0.05, 0) is 45.2 Å². The molecule has 1 aromatic carbocycles. The van der Waals surface area contributed by atoms with Gasteiger partial charge in [-0.3, -0.25) is 4.21 Å². The van der Waals surface area contributed by atoms with E-state index in [0.29, 0.717) is 23.7 Å². The van der Waals surface area contributed by atoms with Gasteiger partial charge in [-0.1, -0.05) is 31.0 Å². The van der Waals surface area contributed by atoms with Crippen LogP contribution in [0.1, 0.15) is 50.8 Å². The number of hydrogen-bond donors (Lipinski definition) is 2. The Bertz CT molecular complexity index is 838. The van der Waals surface area contributed by atoms with Crippen LogP contribution in [0.2, 0.25) is 0 Å². The zero-order valence-electron chi connectivity index (χ0n) is 18.0. The smallest absolute Gasteiger partial charge is 0.226 e. The fourth-order valence-corrected chi connectivity index (χ4v) is 4.98. The van der Waals surface area contributed by atoms with Crippen LogP contribution in [0, 0.1) is 6.92 Å². The molecule has 3 unspecified atom stereocenters. The predicted molar refractivity (Wildman–Crippen MR) is 135 cm³/mol. The third-order valence-corrected chi connectivity index (χ3v) is 6.96. The third kappa shape index (κ3) is 7.08. The quantitative estimate of drug-likeness (QED) is 0.307. The molecule has 8 heteroatoms. The Morgan fingerprint density at radius 1 is 1.27 bits per heavy atom. The molecule has 6 nitrogen and oxygen atoms in total. The van der Waals surface area contributed by atoms with Gasteiger partial charge in [0.05, 0.1) is 6.54 Å². The van der Waals surface area contributed by atoms with Crippen molar-refractivity contribution in [3.8, 4) is 11.5 Å². The van der Waals surface area contributed by atoms with Gasteiger partial charge in [0.15, 0.2) is 5.96 Å². The van der Waals surface area contributed by atoms with Crippen LogP contribution >= 0.6 is 24.0 Å². The number of nitrogens with zero attached hydrogens (tertiary/aromatic N) is 2. The summed E-state index contributed by atoms with van der Waals surface area (Å²) in [5.41, 5.74) is 2.97. The first-order valence-corrected chi connectivity index (χ1v) is 11.9. The highest BCUT2D eigenvalue weighted by atomic mass is 127. The summed E-state index contributed by atoms with van der Waals surface area (Å²) in [6, 6.07) is 8.43. The lowest BCUT2D eigenvalue weighted by atomic mass is 9.95. The number of rotatable bonds is 7. The largest absolute Gasteiger partial charge is 0.444 e. The number of aliphatic imine (C=N–C) groups is 1. The summed E-state index contributed by atoms with van der Waals surface area (Å²) in [6.07, 6.45) is 5.86. The van der Waals surface area contributed by atoms with E-state index < -0.39 is 10.8 Å². The number of guanidine groups is 1. The fourth-order valence-electron chi connectivity index (χ4n) is 3.63. The minimum Gasteiger partial charge on any atom is -0.444 e. The molecule has 166 valence electrons. The molecule has 1 fully saturated rings. The minimum absolute atomic E-state index is 0. The van der Waals surface area contributed by atoms with Crippen molar-refractivity contribution in [3.63, 3.8) is 0 Å². The second kappa shape index (κ2) is 12.4. The van der Waals surface area contributed by atoms with E-state index in [0.717, 1.165) is 55.2 Å². The topological polar surface area (TPSA) is 79.5 Å². The summed E-state index contributed by atoms with van der Waals surface area (Å²) in [5.74, 6) is 2.13. The summed E-state index contributed by atoms with van der Waals surface area (Å²) in [4.78, 5) is 9.25. The predicted octanol–water partition coefficient (Wildman–Crippen LogP) is 4.40. The average Bonchev–Trinajstić information content (AvgIpc) is 3.21. The maximum Gasteiger partial charge on any atom is 0.226 e. The number of aryl methyl sites for hydroxylation is 1. The van der Waals surface area contributed by atoms with Gasteiger partial charge in [0.2, 0.25) is 5.89 Å². The Hall–Kier alpha value is -1.42. The van der Waals surface area contributed by atoms with E-state index in [4.69, 9.17) is 4.42 Å². The van der Waals surface area contributed by atoms with Gasteiger partial charge in [-0.25, -0.2) is 9.98 Å². The molecule has 1 aliphatic rings. The fraction of sp³-hybridized carbons (Fsp3) is 0.545. The SMILES string of the molecule is CCNC(=NCc1coc(-c2ccc(C)cc2)n1)NC1CCCC(S(=O)CC)C1.I. The summed E-state index contributed by atoms with van der Waals surface area (Å²) in [7, 11) is -0.726. The first-order valence-electron chi connectivity index (χ1n) is 10.5. The number of oxazole rings is 1. The van der Waals surface area contributed by atoms with E-state index in [1.807, 2.05) is 31.2 Å². The molecule has 3 atom stereocenters. The number of halogens is 1. The number of nitrogens with one attached hydrogen (secondary N) is 2. The lowest BCUT2D eigenvalue weighted by Gasteiger charge is -2.30. The van der Waals surface area contributed by atoms with Gasteiger partial charge in [-0.2, -0.15) is 0 Å². The highest BCUT2D eigenvalue weighted by molar-refractivity contribution is 14.0. The standard InChI is InChI=1S/C22H32N4O2S.HI/c1-4-23-22(26-18-7-6-8-20(13-18)29(27)5-2)24-14-19-15-28-21(25-19)17-11-9-16(3)10-12-17;/h9-12,15,18,20H,4-8,13-14H2,1-3H3,(H2,23,24,26);1H. The second-order valence-corrected chi connectivity index (χ2v) is 9.51. The van der Waals surface area contributed by atoms with Gasteiger partial charge >= 0.3 is 0 Å². The van der Waals surface area contributed by atoms with Gasteiger partial charge in [0, 0.05) is 40.0 Å². The molecule has 0 spiro atoms. The molecular formula is C22H33IN4O2S. The molecule has 0 amide bonds. The van der Waals surface area contributed by atoms with Crippen LogP contribution in [0.5, 0.6) is 0 Å². The van der Waals surface area contributed by atoms with E-state index in [1.54, 1.807) is 6.26 Å². The van der Waals surface area contributed by atoms with E-state index >= 15 is 0 Å². The van der Waals surface area contributed by atoms with Crippen LogP contribution in [0.15, 0.2) is 39.9 Å². The first kappa shape index (κ1) is 24.8. The first-order chi connectivity index (χ1) is 14.1. The normalized spacial score (nSPS) is 20.3. The second-order valence-electron chi connectivity index (χ2n) is 7.50. The minimum atomic E-state index is -0.726. The molecule has 0 bridgehead atoms. The van der Waals surface area contributed by atoms with Crippen molar-refractivity contribution < 1.29 is 8.63 Å². The third-order valence-electron chi connectivity index (χ3n) is 5.22. The van der Waals surface area contributed by atoms with Crippen LogP contribution < -0.4 is 10.6 Å². The van der Waals surface area contributed by atoms with Crippen LogP contribution in [0.4, 0.5) is 0 Å². The van der Waals surface area contributed by atoms with Crippen molar-refractivity contribution in [2.75, 3.05) is 12.3 Å². The van der Waals surface area contributed by atoms with E-state index in [9.17, 15) is 4.21 Å². The van der Waals surface area contributed by atoms with Gasteiger partial charge < -0.3 is 15.1 Å². The molecule has 0 aliphatic heterocycles. The maximum atomic E-state index is 12.2. The summed E-state index contributed by atoms with van der Waals surface area (Å²) >= 11 is 0. The van der Waals surface area contributed by atoms with Gasteiger partial charge in [0.1, 0.15) is 12.0 Å². The molecular weight excluding hydrogens is 511 g/mol. The van der Waals surface area contributed by atoms with Gasteiger partial charge in [0.25, 0.3) is 0 Å². The molecule has 2 aromatic rings. The molecule has 1 saturated carbocycles. The van der Waals surface area contributed by atoms with Crippen molar-refractivity contribution in [1.82, 2.24) is 15.6 Å². The van der Waals surface area contributed by atoms with Crippen molar-refractivity contribution in [2.45, 2.75) is 64.3 Å². The highest BCUT2D eigenvalue weighted by Crippen LogP contribution is 2.23. The molecule has 1 aliphatic carbocycles. The molecule has 2 N–H and O–H groups in total. The van der Waals surface area contributed by atoms with Crippen molar-refractivity contribution >= 4 is 40.7 Å². The van der Waals surface area contributed by atoms with E-state index in [-0.39, 0.29) is 24.0 Å². The average molecular weight is 545 g/mol. The van der Waals surface area contributed by atoms with E-state index in [1.165, 1.54) is 5.56 Å². The molecule has 3 rings (SSSR count). The Morgan fingerprint density at radius 2 is 2.03 bits per heavy atom. The highest BCUT2D eigenvalue weighted by Gasteiger charge is 2.26. The molecule has 0 saturated heterocycles. The molecule has 1 heterocycles.